The standard InChI is InChI=1S/C11H16O2S/c1-2-7-12-10-5-3-4-6-11(10)13-8-9-14/h3-6,14H,2,7-9H2,1H3. The van der Waals surface area contributed by atoms with Gasteiger partial charge in [-0.2, -0.15) is 12.6 Å². The molecule has 0 aliphatic rings. The molecule has 0 saturated heterocycles. The number of hydrogen-bond donors (Lipinski definition) is 1. The number of rotatable bonds is 6. The molecule has 0 saturated carbocycles. The second-order valence-electron chi connectivity index (χ2n) is 2.87. The molecule has 78 valence electrons. The van der Waals surface area contributed by atoms with Crippen LogP contribution in [-0.4, -0.2) is 19.0 Å². The number of hydrogen-bond acceptors (Lipinski definition) is 3. The Balaban J connectivity index is 2.60. The summed E-state index contributed by atoms with van der Waals surface area (Å²) in [6.45, 7) is 3.41. The summed E-state index contributed by atoms with van der Waals surface area (Å²) in [6.07, 6.45) is 1.00. The highest BCUT2D eigenvalue weighted by atomic mass is 32.1. The summed E-state index contributed by atoms with van der Waals surface area (Å²) in [5, 5.41) is 0. The minimum atomic E-state index is 0.607. The molecule has 0 amide bonds. The Morgan fingerprint density at radius 3 is 2.14 bits per heavy atom. The molecular weight excluding hydrogens is 196 g/mol. The molecule has 0 atom stereocenters. The van der Waals surface area contributed by atoms with E-state index in [9.17, 15) is 0 Å². The minimum Gasteiger partial charge on any atom is -0.490 e. The van der Waals surface area contributed by atoms with Crippen LogP contribution >= 0.6 is 12.6 Å². The van der Waals surface area contributed by atoms with Gasteiger partial charge in [-0.05, 0) is 18.6 Å². The first-order valence-corrected chi connectivity index (χ1v) is 5.47. The molecule has 0 unspecified atom stereocenters. The van der Waals surface area contributed by atoms with Gasteiger partial charge >= 0.3 is 0 Å². The summed E-state index contributed by atoms with van der Waals surface area (Å²) in [5.41, 5.74) is 0. The van der Waals surface area contributed by atoms with Gasteiger partial charge in [0.25, 0.3) is 0 Å². The van der Waals surface area contributed by atoms with Crippen LogP contribution in [0.15, 0.2) is 24.3 Å². The topological polar surface area (TPSA) is 18.5 Å². The van der Waals surface area contributed by atoms with Crippen LogP contribution in [-0.2, 0) is 0 Å². The Morgan fingerprint density at radius 1 is 1.07 bits per heavy atom. The first-order chi connectivity index (χ1) is 6.88. The van der Waals surface area contributed by atoms with Crippen molar-refractivity contribution in [3.05, 3.63) is 24.3 Å². The maximum absolute atomic E-state index is 5.53. The largest absolute Gasteiger partial charge is 0.490 e. The average molecular weight is 212 g/mol. The fourth-order valence-corrected chi connectivity index (χ4v) is 1.15. The molecule has 0 heterocycles. The van der Waals surface area contributed by atoms with Crippen molar-refractivity contribution in [2.45, 2.75) is 13.3 Å². The maximum Gasteiger partial charge on any atom is 0.161 e. The number of ether oxygens (including phenoxy) is 2. The first-order valence-electron chi connectivity index (χ1n) is 4.84. The van der Waals surface area contributed by atoms with E-state index in [1.54, 1.807) is 0 Å². The molecule has 14 heavy (non-hydrogen) atoms. The molecule has 0 spiro atoms. The number of thiol groups is 1. The lowest BCUT2D eigenvalue weighted by atomic mass is 10.3. The molecular formula is C11H16O2S. The molecule has 0 N–H and O–H groups in total. The monoisotopic (exact) mass is 212 g/mol. The van der Waals surface area contributed by atoms with Crippen molar-refractivity contribution in [3.63, 3.8) is 0 Å². The molecule has 0 aromatic heterocycles. The third kappa shape index (κ3) is 3.50. The van der Waals surface area contributed by atoms with E-state index in [-0.39, 0.29) is 0 Å². The molecule has 0 aliphatic carbocycles. The van der Waals surface area contributed by atoms with E-state index in [1.165, 1.54) is 0 Å². The second kappa shape index (κ2) is 6.60. The van der Waals surface area contributed by atoms with Crippen molar-refractivity contribution >= 4 is 12.6 Å². The van der Waals surface area contributed by atoms with Crippen molar-refractivity contribution < 1.29 is 9.47 Å². The van der Waals surface area contributed by atoms with Crippen LogP contribution in [0, 0.1) is 0 Å². The van der Waals surface area contributed by atoms with Crippen LogP contribution < -0.4 is 9.47 Å². The van der Waals surface area contributed by atoms with Crippen molar-refractivity contribution in [2.75, 3.05) is 19.0 Å². The van der Waals surface area contributed by atoms with Gasteiger partial charge in [-0.3, -0.25) is 0 Å². The highest BCUT2D eigenvalue weighted by Crippen LogP contribution is 2.26. The molecule has 0 aliphatic heterocycles. The van der Waals surface area contributed by atoms with Gasteiger partial charge in [0, 0.05) is 5.75 Å². The van der Waals surface area contributed by atoms with Gasteiger partial charge in [0.15, 0.2) is 11.5 Å². The minimum absolute atomic E-state index is 0.607. The summed E-state index contributed by atoms with van der Waals surface area (Å²) >= 11 is 4.09. The van der Waals surface area contributed by atoms with Crippen LogP contribution in [0.3, 0.4) is 0 Å². The van der Waals surface area contributed by atoms with Crippen LogP contribution in [0.4, 0.5) is 0 Å². The zero-order chi connectivity index (χ0) is 10.2. The Kier molecular flexibility index (Phi) is 5.30. The molecule has 2 nitrogen and oxygen atoms in total. The molecule has 1 aromatic rings. The van der Waals surface area contributed by atoms with Crippen molar-refractivity contribution in [1.82, 2.24) is 0 Å². The average Bonchev–Trinajstić information content (AvgIpc) is 2.24. The van der Waals surface area contributed by atoms with Gasteiger partial charge in [0.2, 0.25) is 0 Å². The van der Waals surface area contributed by atoms with E-state index in [2.05, 4.69) is 19.6 Å². The lowest BCUT2D eigenvalue weighted by molar-refractivity contribution is 0.278. The van der Waals surface area contributed by atoms with Crippen molar-refractivity contribution in [2.24, 2.45) is 0 Å². The predicted molar refractivity (Wildman–Crippen MR) is 61.6 cm³/mol. The van der Waals surface area contributed by atoms with Crippen LogP contribution in [0.5, 0.6) is 11.5 Å². The number of para-hydroxylation sites is 2. The van der Waals surface area contributed by atoms with Crippen molar-refractivity contribution in [3.8, 4) is 11.5 Å². The lowest BCUT2D eigenvalue weighted by Crippen LogP contribution is -2.02. The summed E-state index contributed by atoms with van der Waals surface area (Å²) in [7, 11) is 0. The molecule has 0 radical (unpaired) electrons. The molecule has 1 aromatic carbocycles. The SMILES string of the molecule is CCCOc1ccccc1OCCS. The summed E-state index contributed by atoms with van der Waals surface area (Å²) in [4.78, 5) is 0. The van der Waals surface area contributed by atoms with Crippen LogP contribution in [0.2, 0.25) is 0 Å². The predicted octanol–water partition coefficient (Wildman–Crippen LogP) is 2.78. The fourth-order valence-electron chi connectivity index (χ4n) is 1.06. The first kappa shape index (κ1) is 11.2. The van der Waals surface area contributed by atoms with E-state index >= 15 is 0 Å². The molecule has 0 bridgehead atoms. The van der Waals surface area contributed by atoms with Gasteiger partial charge in [-0.25, -0.2) is 0 Å². The van der Waals surface area contributed by atoms with E-state index < -0.39 is 0 Å². The summed E-state index contributed by atoms with van der Waals surface area (Å²) in [6, 6.07) is 7.71. The van der Waals surface area contributed by atoms with Gasteiger partial charge in [0.05, 0.1) is 13.2 Å². The van der Waals surface area contributed by atoms with Crippen LogP contribution in [0.1, 0.15) is 13.3 Å². The quantitative estimate of drug-likeness (QED) is 0.731. The van der Waals surface area contributed by atoms with E-state index in [4.69, 9.17) is 9.47 Å². The third-order valence-corrected chi connectivity index (χ3v) is 1.84. The molecule has 1 rings (SSSR count). The van der Waals surface area contributed by atoms with E-state index in [1.807, 2.05) is 24.3 Å². The Hall–Kier alpha value is -0.830. The number of benzene rings is 1. The zero-order valence-corrected chi connectivity index (χ0v) is 9.30. The van der Waals surface area contributed by atoms with Gasteiger partial charge in [-0.15, -0.1) is 0 Å². The van der Waals surface area contributed by atoms with Gasteiger partial charge in [-0.1, -0.05) is 19.1 Å². The van der Waals surface area contributed by atoms with Gasteiger partial charge in [0.1, 0.15) is 0 Å². The molecule has 0 fully saturated rings. The fraction of sp³-hybridized carbons (Fsp3) is 0.455. The zero-order valence-electron chi connectivity index (χ0n) is 8.40. The Morgan fingerprint density at radius 2 is 1.64 bits per heavy atom. The maximum atomic E-state index is 5.53. The van der Waals surface area contributed by atoms with Gasteiger partial charge < -0.3 is 9.47 Å². The summed E-state index contributed by atoms with van der Waals surface area (Å²) in [5.74, 6) is 2.33. The molecule has 3 heteroatoms. The van der Waals surface area contributed by atoms with Crippen LogP contribution in [0.25, 0.3) is 0 Å². The normalized spacial score (nSPS) is 9.86. The highest BCUT2D eigenvalue weighted by Gasteiger charge is 2.02. The smallest absolute Gasteiger partial charge is 0.161 e. The lowest BCUT2D eigenvalue weighted by Gasteiger charge is -2.10. The Bertz CT molecular complexity index is 236. The second-order valence-corrected chi connectivity index (χ2v) is 3.31. The van der Waals surface area contributed by atoms with E-state index in [0.717, 1.165) is 24.5 Å². The highest BCUT2D eigenvalue weighted by molar-refractivity contribution is 7.80. The van der Waals surface area contributed by atoms with Crippen molar-refractivity contribution in [1.29, 1.82) is 0 Å². The van der Waals surface area contributed by atoms with E-state index in [0.29, 0.717) is 12.4 Å². The Labute approximate surface area is 90.6 Å². The summed E-state index contributed by atoms with van der Waals surface area (Å²) < 4.78 is 11.0. The third-order valence-electron chi connectivity index (χ3n) is 1.66.